The molecule has 80 valence electrons. The number of carbonyl (C=O) groups excluding carboxylic acids is 2. The van der Waals surface area contributed by atoms with Crippen molar-refractivity contribution in [2.75, 3.05) is 13.1 Å². The first kappa shape index (κ1) is 11.0. The van der Waals surface area contributed by atoms with Gasteiger partial charge in [0.25, 0.3) is 0 Å². The Labute approximate surface area is 84.7 Å². The molecule has 1 rings (SSSR count). The molecular weight excluding hydrogens is 180 g/mol. The van der Waals surface area contributed by atoms with E-state index in [1.165, 1.54) is 6.92 Å². The Morgan fingerprint density at radius 3 is 2.79 bits per heavy atom. The number of hydrogen-bond acceptors (Lipinski definition) is 2. The number of carbonyl (C=O) groups is 2. The van der Waals surface area contributed by atoms with Crippen LogP contribution in [0.25, 0.3) is 0 Å². The highest BCUT2D eigenvalue weighted by atomic mass is 16.2. The minimum Gasteiger partial charge on any atom is -0.352 e. The van der Waals surface area contributed by atoms with E-state index in [4.69, 9.17) is 0 Å². The minimum atomic E-state index is -0.0132. The Kier molecular flexibility index (Phi) is 3.92. The van der Waals surface area contributed by atoms with Gasteiger partial charge in [0.2, 0.25) is 11.8 Å². The van der Waals surface area contributed by atoms with Crippen LogP contribution < -0.4 is 5.32 Å². The van der Waals surface area contributed by atoms with Gasteiger partial charge in [0.1, 0.15) is 0 Å². The Morgan fingerprint density at radius 1 is 1.50 bits per heavy atom. The summed E-state index contributed by atoms with van der Waals surface area (Å²) in [6, 6.07) is 0.150. The van der Waals surface area contributed by atoms with Gasteiger partial charge in [-0.25, -0.2) is 0 Å². The molecule has 1 fully saturated rings. The van der Waals surface area contributed by atoms with Crippen LogP contribution in [0.5, 0.6) is 0 Å². The van der Waals surface area contributed by atoms with Crippen LogP contribution >= 0.6 is 0 Å². The zero-order valence-corrected chi connectivity index (χ0v) is 8.88. The van der Waals surface area contributed by atoms with Gasteiger partial charge >= 0.3 is 0 Å². The van der Waals surface area contributed by atoms with Crippen molar-refractivity contribution in [1.29, 1.82) is 0 Å². The van der Waals surface area contributed by atoms with Crippen LogP contribution in [0.3, 0.4) is 0 Å². The molecule has 1 aliphatic rings. The van der Waals surface area contributed by atoms with Gasteiger partial charge in [0.15, 0.2) is 0 Å². The SMILES string of the molecule is CCC(=O)N1CCCC(NC(C)=O)C1. The predicted molar refractivity (Wildman–Crippen MR) is 53.7 cm³/mol. The topological polar surface area (TPSA) is 49.4 Å². The van der Waals surface area contributed by atoms with E-state index in [2.05, 4.69) is 5.32 Å². The first-order valence-corrected chi connectivity index (χ1v) is 5.18. The molecule has 14 heavy (non-hydrogen) atoms. The van der Waals surface area contributed by atoms with Crippen molar-refractivity contribution >= 4 is 11.8 Å². The lowest BCUT2D eigenvalue weighted by atomic mass is 10.1. The second-order valence-corrected chi connectivity index (χ2v) is 3.73. The normalized spacial score (nSPS) is 21.9. The van der Waals surface area contributed by atoms with Gasteiger partial charge < -0.3 is 10.2 Å². The van der Waals surface area contributed by atoms with Gasteiger partial charge in [0, 0.05) is 32.5 Å². The maximum Gasteiger partial charge on any atom is 0.222 e. The number of piperidine rings is 1. The summed E-state index contributed by atoms with van der Waals surface area (Å²) in [5.74, 6) is 0.167. The molecule has 1 atom stereocenters. The van der Waals surface area contributed by atoms with Crippen LogP contribution in [0, 0.1) is 0 Å². The molecule has 0 aliphatic carbocycles. The van der Waals surface area contributed by atoms with Crippen LogP contribution in [-0.2, 0) is 9.59 Å². The molecule has 0 aromatic heterocycles. The number of hydrogen-bond donors (Lipinski definition) is 1. The first-order valence-electron chi connectivity index (χ1n) is 5.18. The quantitative estimate of drug-likeness (QED) is 0.703. The Balaban J connectivity index is 2.43. The number of rotatable bonds is 2. The van der Waals surface area contributed by atoms with Gasteiger partial charge in [-0.2, -0.15) is 0 Å². The zero-order chi connectivity index (χ0) is 10.6. The van der Waals surface area contributed by atoms with Gasteiger partial charge in [-0.05, 0) is 12.8 Å². The van der Waals surface area contributed by atoms with Crippen LogP contribution in [0.1, 0.15) is 33.1 Å². The summed E-state index contributed by atoms with van der Waals surface area (Å²) < 4.78 is 0. The lowest BCUT2D eigenvalue weighted by molar-refractivity contribution is -0.133. The molecule has 1 unspecified atom stereocenters. The molecule has 4 heteroatoms. The molecule has 2 amide bonds. The Morgan fingerprint density at radius 2 is 2.21 bits per heavy atom. The molecule has 0 bridgehead atoms. The van der Waals surface area contributed by atoms with Crippen molar-refractivity contribution < 1.29 is 9.59 Å². The molecule has 1 N–H and O–H groups in total. The number of nitrogens with one attached hydrogen (secondary N) is 1. The van der Waals surface area contributed by atoms with E-state index in [0.717, 1.165) is 19.4 Å². The molecule has 0 aromatic carbocycles. The summed E-state index contributed by atoms with van der Waals surface area (Å²) in [6.07, 6.45) is 2.51. The molecule has 1 aliphatic heterocycles. The zero-order valence-electron chi connectivity index (χ0n) is 8.88. The molecular formula is C10H18N2O2. The lowest BCUT2D eigenvalue weighted by Crippen LogP contribution is -2.49. The van der Waals surface area contributed by atoms with E-state index >= 15 is 0 Å². The van der Waals surface area contributed by atoms with E-state index in [0.29, 0.717) is 13.0 Å². The fourth-order valence-electron chi connectivity index (χ4n) is 1.83. The summed E-state index contributed by atoms with van der Waals surface area (Å²) in [6.45, 7) is 4.89. The second-order valence-electron chi connectivity index (χ2n) is 3.73. The van der Waals surface area contributed by atoms with Crippen molar-refractivity contribution in [3.63, 3.8) is 0 Å². The lowest BCUT2D eigenvalue weighted by Gasteiger charge is -2.32. The Hall–Kier alpha value is -1.06. The number of nitrogens with zero attached hydrogens (tertiary/aromatic N) is 1. The van der Waals surface area contributed by atoms with Gasteiger partial charge in [0.05, 0.1) is 0 Å². The smallest absolute Gasteiger partial charge is 0.222 e. The fourth-order valence-corrected chi connectivity index (χ4v) is 1.83. The van der Waals surface area contributed by atoms with Gasteiger partial charge in [-0.3, -0.25) is 9.59 Å². The third-order valence-electron chi connectivity index (χ3n) is 2.48. The van der Waals surface area contributed by atoms with Crippen LogP contribution in [0.15, 0.2) is 0 Å². The van der Waals surface area contributed by atoms with Gasteiger partial charge in [-0.15, -0.1) is 0 Å². The highest BCUT2D eigenvalue weighted by molar-refractivity contribution is 5.76. The highest BCUT2D eigenvalue weighted by Gasteiger charge is 2.22. The molecule has 0 saturated carbocycles. The third-order valence-corrected chi connectivity index (χ3v) is 2.48. The van der Waals surface area contributed by atoms with E-state index in [1.54, 1.807) is 0 Å². The first-order chi connectivity index (χ1) is 6.63. The molecule has 1 saturated heterocycles. The average molecular weight is 198 g/mol. The molecule has 0 radical (unpaired) electrons. The molecule has 4 nitrogen and oxygen atoms in total. The third kappa shape index (κ3) is 3.01. The average Bonchev–Trinajstić information content (AvgIpc) is 2.16. The predicted octanol–water partition coefficient (Wildman–Crippen LogP) is 0.524. The van der Waals surface area contributed by atoms with E-state index in [9.17, 15) is 9.59 Å². The van der Waals surface area contributed by atoms with E-state index in [1.807, 2.05) is 11.8 Å². The van der Waals surface area contributed by atoms with Crippen LogP contribution in [0.4, 0.5) is 0 Å². The van der Waals surface area contributed by atoms with E-state index in [-0.39, 0.29) is 17.9 Å². The van der Waals surface area contributed by atoms with E-state index < -0.39 is 0 Å². The van der Waals surface area contributed by atoms with Crippen molar-refractivity contribution in [3.05, 3.63) is 0 Å². The summed E-state index contributed by atoms with van der Waals surface area (Å²) in [7, 11) is 0. The molecule has 1 heterocycles. The minimum absolute atomic E-state index is 0.0132. The van der Waals surface area contributed by atoms with Crippen molar-refractivity contribution in [1.82, 2.24) is 10.2 Å². The highest BCUT2D eigenvalue weighted by Crippen LogP contribution is 2.10. The summed E-state index contributed by atoms with van der Waals surface area (Å²) in [5, 5.41) is 2.86. The second kappa shape index (κ2) is 4.98. The van der Waals surface area contributed by atoms with Crippen molar-refractivity contribution in [2.24, 2.45) is 0 Å². The largest absolute Gasteiger partial charge is 0.352 e. The number of amides is 2. The summed E-state index contributed by atoms with van der Waals surface area (Å²) >= 11 is 0. The van der Waals surface area contributed by atoms with Gasteiger partial charge in [-0.1, -0.05) is 6.92 Å². The standard InChI is InChI=1S/C10H18N2O2/c1-3-10(14)12-6-4-5-9(7-12)11-8(2)13/h9H,3-7H2,1-2H3,(H,11,13). The van der Waals surface area contributed by atoms with Crippen LogP contribution in [-0.4, -0.2) is 35.8 Å². The molecule has 0 spiro atoms. The fraction of sp³-hybridized carbons (Fsp3) is 0.800. The van der Waals surface area contributed by atoms with Crippen LogP contribution in [0.2, 0.25) is 0 Å². The summed E-state index contributed by atoms with van der Waals surface area (Å²) in [4.78, 5) is 24.1. The maximum absolute atomic E-state index is 11.4. The Bertz CT molecular complexity index is 228. The summed E-state index contributed by atoms with van der Waals surface area (Å²) in [5.41, 5.74) is 0. The number of likely N-dealkylation sites (tertiary alicyclic amines) is 1. The maximum atomic E-state index is 11.4. The molecule has 0 aromatic rings. The van der Waals surface area contributed by atoms with Crippen molar-refractivity contribution in [3.8, 4) is 0 Å². The monoisotopic (exact) mass is 198 g/mol. The van der Waals surface area contributed by atoms with Crippen molar-refractivity contribution in [2.45, 2.75) is 39.2 Å².